The molecule has 96 valence electrons. The van der Waals surface area contributed by atoms with Crippen molar-refractivity contribution >= 4 is 23.2 Å². The number of halogens is 2. The van der Waals surface area contributed by atoms with Crippen LogP contribution in [0.3, 0.4) is 0 Å². The molecule has 2 aromatic rings. The third-order valence-corrected chi connectivity index (χ3v) is 3.33. The largest absolute Gasteiger partial charge is 0.305 e. The fraction of sp³-hybridized carbons (Fsp3) is 0.308. The van der Waals surface area contributed by atoms with Crippen LogP contribution < -0.4 is 5.32 Å². The highest BCUT2D eigenvalue weighted by molar-refractivity contribution is 6.31. The van der Waals surface area contributed by atoms with Gasteiger partial charge in [0.2, 0.25) is 0 Å². The van der Waals surface area contributed by atoms with Gasteiger partial charge in [0.25, 0.3) is 0 Å². The molecule has 2 rings (SSSR count). The first kappa shape index (κ1) is 13.4. The highest BCUT2D eigenvalue weighted by atomic mass is 35.5. The zero-order valence-electron chi connectivity index (χ0n) is 10.3. The van der Waals surface area contributed by atoms with Gasteiger partial charge in [0.1, 0.15) is 0 Å². The summed E-state index contributed by atoms with van der Waals surface area (Å²) in [6.07, 6.45) is 1.66. The van der Waals surface area contributed by atoms with Gasteiger partial charge < -0.3 is 5.32 Å². The number of hydrogen-bond donors (Lipinski definition) is 1. The van der Waals surface area contributed by atoms with Crippen molar-refractivity contribution in [2.45, 2.75) is 13.0 Å². The van der Waals surface area contributed by atoms with E-state index in [1.54, 1.807) is 10.9 Å². The second kappa shape index (κ2) is 5.74. The third kappa shape index (κ3) is 2.69. The summed E-state index contributed by atoms with van der Waals surface area (Å²) in [7, 11) is 1.89. The van der Waals surface area contributed by atoms with Gasteiger partial charge in [-0.2, -0.15) is 5.10 Å². The molecular weight excluding hydrogens is 269 g/mol. The van der Waals surface area contributed by atoms with E-state index in [2.05, 4.69) is 17.3 Å². The minimum absolute atomic E-state index is 0.00583. The summed E-state index contributed by atoms with van der Waals surface area (Å²) in [6, 6.07) is 7.76. The molecule has 5 heteroatoms. The van der Waals surface area contributed by atoms with Gasteiger partial charge in [0.15, 0.2) is 0 Å². The Morgan fingerprint density at radius 2 is 2.17 bits per heavy atom. The molecule has 1 unspecified atom stereocenters. The van der Waals surface area contributed by atoms with Crippen LogP contribution in [-0.2, 0) is 7.05 Å². The average molecular weight is 284 g/mol. The zero-order chi connectivity index (χ0) is 13.1. The Morgan fingerprint density at radius 1 is 1.39 bits per heavy atom. The maximum absolute atomic E-state index is 6.21. The molecule has 1 heterocycles. The summed E-state index contributed by atoms with van der Waals surface area (Å²) in [5, 5.41) is 8.96. The number of benzene rings is 1. The fourth-order valence-electron chi connectivity index (χ4n) is 2.01. The van der Waals surface area contributed by atoms with Crippen LogP contribution >= 0.6 is 23.2 Å². The quantitative estimate of drug-likeness (QED) is 0.932. The molecule has 1 atom stereocenters. The van der Waals surface area contributed by atoms with Gasteiger partial charge in [-0.25, -0.2) is 0 Å². The number of nitrogens with one attached hydrogen (secondary N) is 1. The van der Waals surface area contributed by atoms with Gasteiger partial charge in [-0.05, 0) is 24.2 Å². The summed E-state index contributed by atoms with van der Waals surface area (Å²) >= 11 is 12.3. The zero-order valence-corrected chi connectivity index (χ0v) is 11.8. The molecular formula is C13H15Cl2N3. The van der Waals surface area contributed by atoms with Crippen molar-refractivity contribution in [2.75, 3.05) is 6.54 Å². The number of rotatable bonds is 4. The maximum atomic E-state index is 6.21. The second-order valence-electron chi connectivity index (χ2n) is 4.05. The van der Waals surface area contributed by atoms with Crippen molar-refractivity contribution < 1.29 is 0 Å². The molecule has 18 heavy (non-hydrogen) atoms. The van der Waals surface area contributed by atoms with Crippen LogP contribution in [0.1, 0.15) is 24.2 Å². The lowest BCUT2D eigenvalue weighted by atomic mass is 10.0. The number of nitrogens with zero attached hydrogens (tertiary/aromatic N) is 2. The first-order valence-electron chi connectivity index (χ1n) is 5.79. The summed E-state index contributed by atoms with van der Waals surface area (Å²) in [6.45, 7) is 2.89. The van der Waals surface area contributed by atoms with E-state index in [1.165, 1.54) is 0 Å². The lowest BCUT2D eigenvalue weighted by Gasteiger charge is -2.19. The Balaban J connectivity index is 2.46. The highest BCUT2D eigenvalue weighted by Crippen LogP contribution is 2.28. The molecule has 0 radical (unpaired) electrons. The van der Waals surface area contributed by atoms with Gasteiger partial charge in [-0.1, -0.05) is 42.3 Å². The normalized spacial score (nSPS) is 12.7. The maximum Gasteiger partial charge on any atom is 0.0837 e. The third-order valence-electron chi connectivity index (χ3n) is 2.80. The van der Waals surface area contributed by atoms with Crippen LogP contribution in [0, 0.1) is 0 Å². The lowest BCUT2D eigenvalue weighted by molar-refractivity contribution is 0.573. The van der Waals surface area contributed by atoms with Crippen LogP contribution in [0.25, 0.3) is 0 Å². The van der Waals surface area contributed by atoms with Crippen molar-refractivity contribution in [1.29, 1.82) is 0 Å². The van der Waals surface area contributed by atoms with Crippen LogP contribution in [-0.4, -0.2) is 16.3 Å². The number of aromatic nitrogens is 2. The summed E-state index contributed by atoms with van der Waals surface area (Å²) in [5.41, 5.74) is 2.02. The monoisotopic (exact) mass is 283 g/mol. The van der Waals surface area contributed by atoms with Gasteiger partial charge in [0, 0.05) is 12.1 Å². The Labute approximate surface area is 117 Å². The number of aryl methyl sites for hydroxylation is 1. The Kier molecular flexibility index (Phi) is 4.27. The van der Waals surface area contributed by atoms with Gasteiger partial charge >= 0.3 is 0 Å². The lowest BCUT2D eigenvalue weighted by Crippen LogP contribution is -2.24. The topological polar surface area (TPSA) is 29.9 Å². The molecule has 0 aliphatic carbocycles. The summed E-state index contributed by atoms with van der Waals surface area (Å²) in [5.74, 6) is 0. The van der Waals surface area contributed by atoms with Crippen LogP contribution in [0.2, 0.25) is 10.0 Å². The molecule has 0 fully saturated rings. The Hall–Kier alpha value is -1.03. The van der Waals surface area contributed by atoms with E-state index in [0.29, 0.717) is 10.0 Å². The average Bonchev–Trinajstić information content (AvgIpc) is 2.67. The summed E-state index contributed by atoms with van der Waals surface area (Å²) < 4.78 is 1.79. The van der Waals surface area contributed by atoms with Crippen LogP contribution in [0.5, 0.6) is 0 Å². The van der Waals surface area contributed by atoms with E-state index in [4.69, 9.17) is 23.2 Å². The van der Waals surface area contributed by atoms with Crippen LogP contribution in [0.4, 0.5) is 0 Å². The number of hydrogen-bond acceptors (Lipinski definition) is 2. The SMILES string of the molecule is CCNC(c1cccc(Cl)c1)c1c(Cl)cnn1C. The van der Waals surface area contributed by atoms with E-state index in [9.17, 15) is 0 Å². The smallest absolute Gasteiger partial charge is 0.0837 e. The molecule has 0 saturated carbocycles. The highest BCUT2D eigenvalue weighted by Gasteiger charge is 2.20. The molecule has 1 aromatic carbocycles. The fourth-order valence-corrected chi connectivity index (χ4v) is 2.48. The van der Waals surface area contributed by atoms with E-state index < -0.39 is 0 Å². The molecule has 0 spiro atoms. The summed E-state index contributed by atoms with van der Waals surface area (Å²) in [4.78, 5) is 0. The molecule has 1 N–H and O–H groups in total. The van der Waals surface area contributed by atoms with Crippen LogP contribution in [0.15, 0.2) is 30.5 Å². The van der Waals surface area contributed by atoms with Crippen molar-refractivity contribution in [3.05, 3.63) is 51.8 Å². The molecule has 3 nitrogen and oxygen atoms in total. The van der Waals surface area contributed by atoms with Crippen molar-refractivity contribution in [2.24, 2.45) is 7.05 Å². The molecule has 0 amide bonds. The molecule has 1 aromatic heterocycles. The van der Waals surface area contributed by atoms with E-state index >= 15 is 0 Å². The van der Waals surface area contributed by atoms with E-state index in [1.807, 2.05) is 31.3 Å². The van der Waals surface area contributed by atoms with Crippen molar-refractivity contribution in [3.63, 3.8) is 0 Å². The minimum Gasteiger partial charge on any atom is -0.305 e. The van der Waals surface area contributed by atoms with Gasteiger partial charge in [-0.3, -0.25) is 4.68 Å². The molecule has 0 bridgehead atoms. The Bertz CT molecular complexity index is 517. The van der Waals surface area contributed by atoms with Crippen molar-refractivity contribution in [1.82, 2.24) is 15.1 Å². The molecule has 0 saturated heterocycles. The molecule has 0 aliphatic heterocycles. The van der Waals surface area contributed by atoms with E-state index in [0.717, 1.165) is 17.8 Å². The molecule has 0 aliphatic rings. The predicted octanol–water partition coefficient (Wildman–Crippen LogP) is 3.43. The van der Waals surface area contributed by atoms with E-state index in [-0.39, 0.29) is 6.04 Å². The standard InChI is InChI=1S/C13H15Cl2N3/c1-3-16-12(9-5-4-6-10(14)7-9)13-11(15)8-17-18(13)2/h4-8,12,16H,3H2,1-2H3. The first-order chi connectivity index (χ1) is 8.63. The van der Waals surface area contributed by atoms with Crippen molar-refractivity contribution in [3.8, 4) is 0 Å². The predicted molar refractivity (Wildman–Crippen MR) is 75.2 cm³/mol. The van der Waals surface area contributed by atoms with Gasteiger partial charge in [-0.15, -0.1) is 0 Å². The second-order valence-corrected chi connectivity index (χ2v) is 4.89. The minimum atomic E-state index is -0.00583. The van der Waals surface area contributed by atoms with Gasteiger partial charge in [0.05, 0.1) is 23.0 Å². The first-order valence-corrected chi connectivity index (χ1v) is 6.55. The Morgan fingerprint density at radius 3 is 2.72 bits per heavy atom.